The number of hydrazone groups is 1. The highest BCUT2D eigenvalue weighted by Gasteiger charge is 2.33. The Hall–Kier alpha value is -2.04. The molecule has 1 aliphatic rings. The third-order valence-electron chi connectivity index (χ3n) is 5.39. The van der Waals surface area contributed by atoms with Gasteiger partial charge in [0.2, 0.25) is 16.4 Å². The Kier molecular flexibility index (Phi) is 9.06. The van der Waals surface area contributed by atoms with E-state index in [1.165, 1.54) is 35.7 Å². The molecule has 0 saturated heterocycles. The maximum absolute atomic E-state index is 13.5. The van der Waals surface area contributed by atoms with Crippen LogP contribution in [-0.2, 0) is 14.8 Å². The molecule has 0 aromatic heterocycles. The number of carbonyl (C=O) groups is 1. The van der Waals surface area contributed by atoms with E-state index in [9.17, 15) is 13.2 Å². The summed E-state index contributed by atoms with van der Waals surface area (Å²) in [4.78, 5) is 11.7. The smallest absolute Gasteiger partial charge is 0.246 e. The van der Waals surface area contributed by atoms with Gasteiger partial charge >= 0.3 is 0 Å². The molecule has 0 fully saturated rings. The summed E-state index contributed by atoms with van der Waals surface area (Å²) in [6.45, 7) is 0.166. The molecule has 1 heterocycles. The van der Waals surface area contributed by atoms with Gasteiger partial charge in [0, 0.05) is 47.9 Å². The summed E-state index contributed by atoms with van der Waals surface area (Å²) in [5.41, 5.74) is 1.76. The second-order valence-corrected chi connectivity index (χ2v) is 10.4. The zero-order valence-electron chi connectivity index (χ0n) is 18.6. The molecule has 0 bridgehead atoms. The van der Waals surface area contributed by atoms with Gasteiger partial charge in [-0.2, -0.15) is 9.41 Å². The van der Waals surface area contributed by atoms with Crippen LogP contribution in [0.3, 0.4) is 0 Å². The van der Waals surface area contributed by atoms with Crippen LogP contribution in [0.15, 0.2) is 46.4 Å². The number of amides is 1. The number of ether oxygens (including phenoxy) is 2. The third-order valence-corrected chi connectivity index (χ3v) is 7.90. The SMILES string of the molecule is COc1cc(OC)c(S(=O)(=O)N(CCCl)CCCl)cc1C1=NN(C=O)C(c2ccc(Cl)cc2)C1. The number of sulfonamides is 1. The minimum Gasteiger partial charge on any atom is -0.496 e. The van der Waals surface area contributed by atoms with Crippen LogP contribution in [0, 0.1) is 0 Å². The Labute approximate surface area is 214 Å². The van der Waals surface area contributed by atoms with Crippen LogP contribution in [-0.4, -0.2) is 68.9 Å². The standard InChI is InChI=1S/C22H24Cl3N3O5S/c1-32-20-13-21(33-2)22(34(30,31)27(9-7-23)10-8-24)11-17(20)18-12-19(28(14-29)26-18)15-3-5-16(25)6-4-15/h3-6,11,13-14,19H,7-10,12H2,1-2H3. The number of halogens is 3. The van der Waals surface area contributed by atoms with Crippen LogP contribution in [0.2, 0.25) is 5.02 Å². The molecule has 3 rings (SSSR count). The highest BCUT2D eigenvalue weighted by molar-refractivity contribution is 7.89. The lowest BCUT2D eigenvalue weighted by Crippen LogP contribution is -2.34. The fourth-order valence-electron chi connectivity index (χ4n) is 3.72. The van der Waals surface area contributed by atoms with E-state index in [0.29, 0.717) is 34.9 Å². The van der Waals surface area contributed by atoms with E-state index in [1.54, 1.807) is 12.1 Å². The molecule has 2 aromatic carbocycles. The second-order valence-electron chi connectivity index (χ2n) is 7.29. The predicted molar refractivity (Wildman–Crippen MR) is 133 cm³/mol. The van der Waals surface area contributed by atoms with Crippen LogP contribution in [0.5, 0.6) is 11.5 Å². The molecule has 34 heavy (non-hydrogen) atoms. The minimum atomic E-state index is -4.00. The first-order chi connectivity index (χ1) is 16.3. The Balaban J connectivity index is 2.09. The molecule has 1 atom stereocenters. The van der Waals surface area contributed by atoms with Crippen molar-refractivity contribution >= 4 is 56.9 Å². The van der Waals surface area contributed by atoms with Crippen molar-refractivity contribution in [2.24, 2.45) is 5.10 Å². The van der Waals surface area contributed by atoms with Crippen molar-refractivity contribution < 1.29 is 22.7 Å². The Morgan fingerprint density at radius 3 is 2.24 bits per heavy atom. The fourth-order valence-corrected chi connectivity index (χ4v) is 6.06. The van der Waals surface area contributed by atoms with Crippen molar-refractivity contribution in [1.82, 2.24) is 9.31 Å². The van der Waals surface area contributed by atoms with Crippen molar-refractivity contribution in [2.75, 3.05) is 39.1 Å². The molecule has 1 unspecified atom stereocenters. The summed E-state index contributed by atoms with van der Waals surface area (Å²) in [5, 5.41) is 6.31. The van der Waals surface area contributed by atoms with Crippen LogP contribution in [0.4, 0.5) is 0 Å². The zero-order valence-corrected chi connectivity index (χ0v) is 21.7. The van der Waals surface area contributed by atoms with Crippen LogP contribution >= 0.6 is 34.8 Å². The number of methoxy groups -OCH3 is 2. The van der Waals surface area contributed by atoms with Crippen molar-refractivity contribution in [3.8, 4) is 11.5 Å². The first-order valence-corrected chi connectivity index (χ1v) is 13.1. The average molecular weight is 549 g/mol. The number of hydrogen-bond acceptors (Lipinski definition) is 6. The summed E-state index contributed by atoms with van der Waals surface area (Å²) >= 11 is 17.7. The summed E-state index contributed by atoms with van der Waals surface area (Å²) in [6, 6.07) is 9.68. The van der Waals surface area contributed by atoms with Gasteiger partial charge in [0.25, 0.3) is 0 Å². The summed E-state index contributed by atoms with van der Waals surface area (Å²) < 4.78 is 39.0. The molecular weight excluding hydrogens is 525 g/mol. The molecule has 1 amide bonds. The van der Waals surface area contributed by atoms with Gasteiger partial charge in [-0.05, 0) is 23.8 Å². The van der Waals surface area contributed by atoms with Gasteiger partial charge in [-0.1, -0.05) is 23.7 Å². The number of alkyl halides is 2. The highest BCUT2D eigenvalue weighted by atomic mass is 35.5. The minimum absolute atomic E-state index is 0.0728. The fraction of sp³-hybridized carbons (Fsp3) is 0.364. The lowest BCUT2D eigenvalue weighted by Gasteiger charge is -2.22. The van der Waals surface area contributed by atoms with E-state index in [4.69, 9.17) is 44.3 Å². The molecule has 1 aliphatic heterocycles. The second kappa shape index (κ2) is 11.6. The summed E-state index contributed by atoms with van der Waals surface area (Å²) in [5.74, 6) is 0.671. The van der Waals surface area contributed by atoms with Gasteiger partial charge in [-0.3, -0.25) is 4.79 Å². The third kappa shape index (κ3) is 5.44. The first kappa shape index (κ1) is 26.6. The van der Waals surface area contributed by atoms with E-state index in [0.717, 1.165) is 5.56 Å². The highest BCUT2D eigenvalue weighted by Crippen LogP contribution is 2.39. The molecule has 184 valence electrons. The molecule has 2 aromatic rings. The van der Waals surface area contributed by atoms with Gasteiger partial charge in [-0.25, -0.2) is 13.4 Å². The Morgan fingerprint density at radius 2 is 1.71 bits per heavy atom. The van der Waals surface area contributed by atoms with Crippen LogP contribution in [0.1, 0.15) is 23.6 Å². The Morgan fingerprint density at radius 1 is 1.09 bits per heavy atom. The van der Waals surface area contributed by atoms with E-state index in [1.807, 2.05) is 12.1 Å². The van der Waals surface area contributed by atoms with Crippen LogP contribution in [0.25, 0.3) is 0 Å². The first-order valence-electron chi connectivity index (χ1n) is 10.3. The van der Waals surface area contributed by atoms with E-state index >= 15 is 0 Å². The molecular formula is C22H24Cl3N3O5S. The predicted octanol–water partition coefficient (Wildman–Crippen LogP) is 4.13. The maximum Gasteiger partial charge on any atom is 0.246 e. The summed E-state index contributed by atoms with van der Waals surface area (Å²) in [7, 11) is -1.17. The molecule has 12 heteroatoms. The molecule has 8 nitrogen and oxygen atoms in total. The lowest BCUT2D eigenvalue weighted by atomic mass is 9.98. The quantitative estimate of drug-likeness (QED) is 0.311. The van der Waals surface area contributed by atoms with E-state index in [-0.39, 0.29) is 41.5 Å². The zero-order chi connectivity index (χ0) is 24.9. The average Bonchev–Trinajstić information content (AvgIpc) is 3.27. The van der Waals surface area contributed by atoms with Crippen molar-refractivity contribution in [3.63, 3.8) is 0 Å². The number of hydrogen-bond donors (Lipinski definition) is 0. The van der Waals surface area contributed by atoms with Gasteiger partial charge in [-0.15, -0.1) is 23.2 Å². The lowest BCUT2D eigenvalue weighted by molar-refractivity contribution is -0.119. The van der Waals surface area contributed by atoms with Gasteiger partial charge < -0.3 is 9.47 Å². The molecule has 0 radical (unpaired) electrons. The largest absolute Gasteiger partial charge is 0.496 e. The molecule has 0 N–H and O–H groups in total. The van der Waals surface area contributed by atoms with Crippen LogP contribution < -0.4 is 9.47 Å². The van der Waals surface area contributed by atoms with Crippen molar-refractivity contribution in [1.29, 1.82) is 0 Å². The molecule has 0 saturated carbocycles. The molecule has 0 aliphatic carbocycles. The number of carbonyl (C=O) groups excluding carboxylic acids is 1. The monoisotopic (exact) mass is 547 g/mol. The van der Waals surface area contributed by atoms with E-state index in [2.05, 4.69) is 5.10 Å². The van der Waals surface area contributed by atoms with Crippen molar-refractivity contribution in [2.45, 2.75) is 17.4 Å². The number of nitrogens with zero attached hydrogens (tertiary/aromatic N) is 3. The van der Waals surface area contributed by atoms with Gasteiger partial charge in [0.15, 0.2) is 0 Å². The van der Waals surface area contributed by atoms with Gasteiger partial charge in [0.1, 0.15) is 16.4 Å². The summed E-state index contributed by atoms with van der Waals surface area (Å²) in [6.07, 6.45) is 0.970. The number of rotatable bonds is 11. The topological polar surface area (TPSA) is 88.5 Å². The van der Waals surface area contributed by atoms with Crippen molar-refractivity contribution in [3.05, 3.63) is 52.5 Å². The maximum atomic E-state index is 13.5. The Bertz CT molecular complexity index is 1150. The molecule has 0 spiro atoms. The van der Waals surface area contributed by atoms with Gasteiger partial charge in [0.05, 0.1) is 26.0 Å². The normalized spacial score (nSPS) is 16.0. The number of benzene rings is 2. The van der Waals surface area contributed by atoms with E-state index < -0.39 is 10.0 Å².